The summed E-state index contributed by atoms with van der Waals surface area (Å²) in [5.74, 6) is 0.108. The molecule has 1 aromatic rings. The van der Waals surface area contributed by atoms with Gasteiger partial charge in [0.25, 0.3) is 10.1 Å². The van der Waals surface area contributed by atoms with E-state index in [4.69, 9.17) is 4.18 Å². The Morgan fingerprint density at radius 1 is 1.22 bits per heavy atom. The molecule has 0 heterocycles. The molecule has 1 aliphatic carbocycles. The molecule has 1 fully saturated rings. The average molecular weight is 268 g/mol. The molecule has 0 unspecified atom stereocenters. The lowest BCUT2D eigenvalue weighted by molar-refractivity contribution is 0.203. The second kappa shape index (κ2) is 4.67. The van der Waals surface area contributed by atoms with E-state index in [0.717, 1.165) is 5.56 Å². The molecule has 1 aromatic carbocycles. The molecule has 0 N–H and O–H groups in total. The van der Waals surface area contributed by atoms with Gasteiger partial charge in [0.2, 0.25) is 0 Å². The van der Waals surface area contributed by atoms with Gasteiger partial charge >= 0.3 is 0 Å². The summed E-state index contributed by atoms with van der Waals surface area (Å²) in [4.78, 5) is 0. The molecule has 0 amide bonds. The molecule has 0 saturated heterocycles. The van der Waals surface area contributed by atoms with E-state index < -0.39 is 10.1 Å². The zero-order valence-electron chi connectivity index (χ0n) is 11.1. The van der Waals surface area contributed by atoms with Gasteiger partial charge in [0.1, 0.15) is 0 Å². The molecule has 3 nitrogen and oxygen atoms in total. The average Bonchev–Trinajstić information content (AvgIpc) is 3.07. The lowest BCUT2D eigenvalue weighted by atomic mass is 9.99. The molecular weight excluding hydrogens is 248 g/mol. The minimum Gasteiger partial charge on any atom is -0.269 e. The van der Waals surface area contributed by atoms with Crippen LogP contribution in [-0.2, 0) is 14.3 Å². The molecule has 18 heavy (non-hydrogen) atoms. The molecule has 1 saturated carbocycles. The van der Waals surface area contributed by atoms with Crippen molar-refractivity contribution >= 4 is 10.1 Å². The summed E-state index contributed by atoms with van der Waals surface area (Å²) in [6.07, 6.45) is 0.677. The maximum Gasteiger partial charge on any atom is 0.270 e. The van der Waals surface area contributed by atoms with Gasteiger partial charge in [0, 0.05) is 5.92 Å². The maximum atomic E-state index is 12.0. The SMILES string of the molecule is CC(C)(C)COS(=O)(=O)[C@@H]1C[C@H]1c1ccccc1. The fourth-order valence-corrected chi connectivity index (χ4v) is 3.58. The Morgan fingerprint density at radius 2 is 1.83 bits per heavy atom. The molecule has 0 spiro atoms. The summed E-state index contributed by atoms with van der Waals surface area (Å²) in [6.45, 7) is 6.13. The monoisotopic (exact) mass is 268 g/mol. The second-order valence-electron chi connectivity index (χ2n) is 6.11. The second-order valence-corrected chi connectivity index (χ2v) is 7.93. The maximum absolute atomic E-state index is 12.0. The first-order valence-corrected chi connectivity index (χ1v) is 7.70. The lowest BCUT2D eigenvalue weighted by Gasteiger charge is -2.17. The first-order valence-electron chi connectivity index (χ1n) is 6.23. The highest BCUT2D eigenvalue weighted by molar-refractivity contribution is 7.87. The first-order chi connectivity index (χ1) is 8.30. The van der Waals surface area contributed by atoms with E-state index in [9.17, 15) is 8.42 Å². The van der Waals surface area contributed by atoms with Gasteiger partial charge in [-0.1, -0.05) is 51.1 Å². The zero-order valence-corrected chi connectivity index (χ0v) is 11.9. The predicted molar refractivity (Wildman–Crippen MR) is 71.9 cm³/mol. The van der Waals surface area contributed by atoms with Crippen molar-refractivity contribution < 1.29 is 12.6 Å². The fraction of sp³-hybridized carbons (Fsp3) is 0.571. The van der Waals surface area contributed by atoms with Crippen LogP contribution in [0, 0.1) is 5.41 Å². The van der Waals surface area contributed by atoms with Gasteiger partial charge in [-0.25, -0.2) is 0 Å². The first kappa shape index (κ1) is 13.6. The third-order valence-corrected chi connectivity index (χ3v) is 4.70. The highest BCUT2D eigenvalue weighted by atomic mass is 32.2. The Balaban J connectivity index is 1.98. The number of rotatable bonds is 4. The highest BCUT2D eigenvalue weighted by Gasteiger charge is 2.49. The van der Waals surface area contributed by atoms with Crippen molar-refractivity contribution in [2.75, 3.05) is 6.61 Å². The quantitative estimate of drug-likeness (QED) is 0.789. The standard InChI is InChI=1S/C14H20O3S/c1-14(2,3)10-17-18(15,16)13-9-12(13)11-7-5-4-6-8-11/h4-8,12-13H,9-10H2,1-3H3/t12-,13+/m0/s1. The van der Waals surface area contributed by atoms with Crippen LogP contribution >= 0.6 is 0 Å². The molecule has 2 rings (SSSR count). The van der Waals surface area contributed by atoms with Crippen molar-refractivity contribution in [3.05, 3.63) is 35.9 Å². The van der Waals surface area contributed by atoms with Crippen LogP contribution in [0.1, 0.15) is 38.7 Å². The van der Waals surface area contributed by atoms with Gasteiger partial charge in [-0.3, -0.25) is 4.18 Å². The van der Waals surface area contributed by atoms with Crippen LogP contribution in [0.25, 0.3) is 0 Å². The van der Waals surface area contributed by atoms with Gasteiger partial charge in [0.05, 0.1) is 11.9 Å². The van der Waals surface area contributed by atoms with Crippen LogP contribution in [-0.4, -0.2) is 20.3 Å². The van der Waals surface area contributed by atoms with Gasteiger partial charge in [-0.05, 0) is 17.4 Å². The van der Waals surface area contributed by atoms with Gasteiger partial charge in [-0.2, -0.15) is 8.42 Å². The van der Waals surface area contributed by atoms with E-state index in [-0.39, 0.29) is 23.2 Å². The van der Waals surface area contributed by atoms with Gasteiger partial charge in [0.15, 0.2) is 0 Å². The summed E-state index contributed by atoms with van der Waals surface area (Å²) in [7, 11) is -3.42. The van der Waals surface area contributed by atoms with E-state index in [1.807, 2.05) is 51.1 Å². The largest absolute Gasteiger partial charge is 0.270 e. The van der Waals surface area contributed by atoms with Crippen LogP contribution in [0.3, 0.4) is 0 Å². The molecule has 1 aliphatic rings. The molecule has 100 valence electrons. The predicted octanol–water partition coefficient (Wildman–Crippen LogP) is 2.94. The smallest absolute Gasteiger partial charge is 0.269 e. The van der Waals surface area contributed by atoms with E-state index >= 15 is 0 Å². The Labute approximate surface area is 109 Å². The molecule has 0 radical (unpaired) electrons. The van der Waals surface area contributed by atoms with Crippen molar-refractivity contribution in [1.29, 1.82) is 0 Å². The minimum atomic E-state index is -3.42. The van der Waals surface area contributed by atoms with E-state index in [1.165, 1.54) is 0 Å². The topological polar surface area (TPSA) is 43.4 Å². The zero-order chi connectivity index (χ0) is 13.4. The summed E-state index contributed by atoms with van der Waals surface area (Å²) in [6, 6.07) is 9.76. The molecule has 0 aliphatic heterocycles. The van der Waals surface area contributed by atoms with Gasteiger partial charge < -0.3 is 0 Å². The van der Waals surface area contributed by atoms with Crippen molar-refractivity contribution in [2.24, 2.45) is 5.41 Å². The summed E-state index contributed by atoms with van der Waals surface area (Å²) in [5, 5.41) is -0.359. The minimum absolute atomic E-state index is 0.108. The molecule has 2 atom stereocenters. The van der Waals surface area contributed by atoms with Crippen molar-refractivity contribution in [3.8, 4) is 0 Å². The third kappa shape index (κ3) is 3.33. The van der Waals surface area contributed by atoms with Crippen LogP contribution in [0.5, 0.6) is 0 Å². The number of hydrogen-bond donors (Lipinski definition) is 0. The Morgan fingerprint density at radius 3 is 2.39 bits per heavy atom. The summed E-state index contributed by atoms with van der Waals surface area (Å²) >= 11 is 0. The normalized spacial score (nSPS) is 23.9. The van der Waals surface area contributed by atoms with E-state index in [2.05, 4.69) is 0 Å². The Bertz CT molecular complexity index is 500. The Kier molecular flexibility index (Phi) is 3.52. The van der Waals surface area contributed by atoms with Gasteiger partial charge in [-0.15, -0.1) is 0 Å². The van der Waals surface area contributed by atoms with E-state index in [0.29, 0.717) is 6.42 Å². The van der Waals surface area contributed by atoms with Crippen LogP contribution in [0.4, 0.5) is 0 Å². The van der Waals surface area contributed by atoms with Crippen LogP contribution in [0.2, 0.25) is 0 Å². The third-order valence-electron chi connectivity index (χ3n) is 2.99. The summed E-state index contributed by atoms with van der Waals surface area (Å²) < 4.78 is 29.1. The van der Waals surface area contributed by atoms with Crippen molar-refractivity contribution in [3.63, 3.8) is 0 Å². The highest BCUT2D eigenvalue weighted by Crippen LogP contribution is 2.46. The van der Waals surface area contributed by atoms with Crippen molar-refractivity contribution in [2.45, 2.75) is 38.4 Å². The van der Waals surface area contributed by atoms with E-state index in [1.54, 1.807) is 0 Å². The molecule has 0 bridgehead atoms. The van der Waals surface area contributed by atoms with Crippen LogP contribution in [0.15, 0.2) is 30.3 Å². The molecule has 0 aromatic heterocycles. The molecular formula is C14H20O3S. The van der Waals surface area contributed by atoms with Crippen molar-refractivity contribution in [1.82, 2.24) is 0 Å². The van der Waals surface area contributed by atoms with Crippen LogP contribution < -0.4 is 0 Å². The Hall–Kier alpha value is -0.870. The fourth-order valence-electron chi connectivity index (χ4n) is 1.89. The number of hydrogen-bond acceptors (Lipinski definition) is 3. The number of benzene rings is 1. The lowest BCUT2D eigenvalue weighted by Crippen LogP contribution is -2.21. The summed E-state index contributed by atoms with van der Waals surface area (Å²) in [5.41, 5.74) is 0.954. The molecule has 4 heteroatoms.